The van der Waals surface area contributed by atoms with Crippen molar-refractivity contribution in [1.82, 2.24) is 0 Å². The molecule has 0 aliphatic heterocycles. The molecule has 2 heteroatoms. The van der Waals surface area contributed by atoms with Crippen molar-refractivity contribution >= 4 is 11.6 Å². The van der Waals surface area contributed by atoms with E-state index in [9.17, 15) is 0 Å². The molecule has 0 saturated carbocycles. The van der Waals surface area contributed by atoms with E-state index in [1.165, 1.54) is 27.8 Å². The summed E-state index contributed by atoms with van der Waals surface area (Å²) in [5, 5.41) is 0. The molecule has 0 aromatic heterocycles. The maximum Gasteiger partial charge on any atom is 0.167 e. The van der Waals surface area contributed by atoms with Gasteiger partial charge in [0.05, 0.1) is 14.2 Å². The lowest BCUT2D eigenvalue weighted by Gasteiger charge is -2.14. The molecular weight excluding hydrogens is 320 g/mol. The SMILES string of the molecule is COc1cccc(C=C2c3ccccc3CCc3ccccc32)c1OC. The first-order chi connectivity index (χ1) is 12.8. The minimum absolute atomic E-state index is 0.747. The van der Waals surface area contributed by atoms with Gasteiger partial charge in [-0.1, -0.05) is 60.7 Å². The second-order valence-corrected chi connectivity index (χ2v) is 6.46. The van der Waals surface area contributed by atoms with Crippen LogP contribution in [0.2, 0.25) is 0 Å². The number of benzene rings is 3. The Morgan fingerprint density at radius 3 is 1.88 bits per heavy atom. The molecule has 2 nitrogen and oxygen atoms in total. The number of methoxy groups -OCH3 is 2. The number of aryl methyl sites for hydroxylation is 2. The van der Waals surface area contributed by atoms with E-state index in [1.54, 1.807) is 14.2 Å². The van der Waals surface area contributed by atoms with Crippen LogP contribution in [-0.2, 0) is 12.8 Å². The van der Waals surface area contributed by atoms with Crippen LogP contribution < -0.4 is 9.47 Å². The second kappa shape index (κ2) is 7.09. The van der Waals surface area contributed by atoms with Gasteiger partial charge in [-0.3, -0.25) is 0 Å². The summed E-state index contributed by atoms with van der Waals surface area (Å²) in [5.74, 6) is 1.51. The zero-order chi connectivity index (χ0) is 17.9. The molecule has 0 N–H and O–H groups in total. The fourth-order valence-electron chi connectivity index (χ4n) is 3.75. The summed E-state index contributed by atoms with van der Waals surface area (Å²) < 4.78 is 11.1. The first-order valence-electron chi connectivity index (χ1n) is 8.91. The Hall–Kier alpha value is -3.00. The maximum atomic E-state index is 5.65. The van der Waals surface area contributed by atoms with Gasteiger partial charge in [0.15, 0.2) is 11.5 Å². The number of fused-ring (bicyclic) bond motifs is 2. The molecule has 1 aliphatic carbocycles. The van der Waals surface area contributed by atoms with Gasteiger partial charge in [0.1, 0.15) is 0 Å². The average Bonchev–Trinajstić information content (AvgIpc) is 2.85. The monoisotopic (exact) mass is 342 g/mol. The van der Waals surface area contributed by atoms with Crippen molar-refractivity contribution in [3.05, 3.63) is 94.5 Å². The zero-order valence-electron chi connectivity index (χ0n) is 15.2. The van der Waals surface area contributed by atoms with Crippen LogP contribution in [0.15, 0.2) is 66.7 Å². The Morgan fingerprint density at radius 2 is 1.31 bits per heavy atom. The van der Waals surface area contributed by atoms with E-state index in [4.69, 9.17) is 9.47 Å². The van der Waals surface area contributed by atoms with E-state index in [0.717, 1.165) is 29.9 Å². The van der Waals surface area contributed by atoms with Crippen LogP contribution in [0.4, 0.5) is 0 Å². The Balaban J connectivity index is 1.98. The summed E-state index contributed by atoms with van der Waals surface area (Å²) in [7, 11) is 3.36. The molecule has 0 spiro atoms. The Bertz CT molecular complexity index is 920. The summed E-state index contributed by atoms with van der Waals surface area (Å²) in [4.78, 5) is 0. The molecule has 130 valence electrons. The van der Waals surface area contributed by atoms with Crippen LogP contribution >= 0.6 is 0 Å². The van der Waals surface area contributed by atoms with E-state index in [2.05, 4.69) is 60.7 Å². The van der Waals surface area contributed by atoms with Gasteiger partial charge in [-0.05, 0) is 52.8 Å². The molecular formula is C24H22O2. The molecule has 1 aliphatic rings. The topological polar surface area (TPSA) is 18.5 Å². The Kier molecular flexibility index (Phi) is 4.49. The van der Waals surface area contributed by atoms with Crippen molar-refractivity contribution in [2.24, 2.45) is 0 Å². The summed E-state index contributed by atoms with van der Waals surface area (Å²) in [6.45, 7) is 0. The fourth-order valence-corrected chi connectivity index (χ4v) is 3.75. The van der Waals surface area contributed by atoms with Crippen LogP contribution in [-0.4, -0.2) is 14.2 Å². The van der Waals surface area contributed by atoms with Crippen LogP contribution in [0.3, 0.4) is 0 Å². The molecule has 26 heavy (non-hydrogen) atoms. The third-order valence-electron chi connectivity index (χ3n) is 5.01. The highest BCUT2D eigenvalue weighted by Crippen LogP contribution is 2.38. The van der Waals surface area contributed by atoms with Gasteiger partial charge in [0.25, 0.3) is 0 Å². The molecule has 0 heterocycles. The van der Waals surface area contributed by atoms with Gasteiger partial charge in [-0.15, -0.1) is 0 Å². The lowest BCUT2D eigenvalue weighted by Crippen LogP contribution is -1.95. The van der Waals surface area contributed by atoms with Gasteiger partial charge >= 0.3 is 0 Å². The normalized spacial score (nSPS) is 12.6. The minimum atomic E-state index is 0.747. The van der Waals surface area contributed by atoms with Gasteiger partial charge in [-0.25, -0.2) is 0 Å². The molecule has 3 aromatic rings. The number of hydrogen-bond acceptors (Lipinski definition) is 2. The standard InChI is InChI=1S/C24H22O2/c1-25-23-13-7-10-19(24(23)26-2)16-22-20-11-5-3-8-17(20)14-15-18-9-4-6-12-21(18)22/h3-13,16H,14-15H2,1-2H3. The molecule has 0 unspecified atom stereocenters. The van der Waals surface area contributed by atoms with Crippen molar-refractivity contribution in [3.8, 4) is 11.5 Å². The summed E-state index contributed by atoms with van der Waals surface area (Å²) >= 11 is 0. The lowest BCUT2D eigenvalue weighted by atomic mass is 9.92. The molecule has 0 atom stereocenters. The molecule has 0 amide bonds. The Morgan fingerprint density at radius 1 is 0.692 bits per heavy atom. The van der Waals surface area contributed by atoms with Crippen LogP contribution in [0.25, 0.3) is 11.6 Å². The second-order valence-electron chi connectivity index (χ2n) is 6.46. The predicted octanol–water partition coefficient (Wildman–Crippen LogP) is 5.39. The van der Waals surface area contributed by atoms with Gasteiger partial charge in [0.2, 0.25) is 0 Å². The smallest absolute Gasteiger partial charge is 0.167 e. The van der Waals surface area contributed by atoms with Gasteiger partial charge in [-0.2, -0.15) is 0 Å². The highest BCUT2D eigenvalue weighted by atomic mass is 16.5. The summed E-state index contributed by atoms with van der Waals surface area (Å²) in [6, 6.07) is 23.4. The molecule has 4 rings (SSSR count). The van der Waals surface area contributed by atoms with E-state index in [-0.39, 0.29) is 0 Å². The van der Waals surface area contributed by atoms with Crippen molar-refractivity contribution < 1.29 is 9.47 Å². The summed E-state index contributed by atoms with van der Waals surface area (Å²) in [6.07, 6.45) is 4.34. The van der Waals surface area contributed by atoms with Crippen molar-refractivity contribution in [1.29, 1.82) is 0 Å². The van der Waals surface area contributed by atoms with E-state index < -0.39 is 0 Å². The third kappa shape index (κ3) is 2.88. The van der Waals surface area contributed by atoms with Crippen LogP contribution in [0, 0.1) is 0 Å². The van der Waals surface area contributed by atoms with Crippen LogP contribution in [0.1, 0.15) is 27.8 Å². The van der Waals surface area contributed by atoms with Crippen molar-refractivity contribution in [3.63, 3.8) is 0 Å². The summed E-state index contributed by atoms with van der Waals surface area (Å²) in [5.41, 5.74) is 7.62. The number of ether oxygens (including phenoxy) is 2. The average molecular weight is 342 g/mol. The number of para-hydroxylation sites is 1. The van der Waals surface area contributed by atoms with Crippen molar-refractivity contribution in [2.75, 3.05) is 14.2 Å². The fraction of sp³-hybridized carbons (Fsp3) is 0.167. The number of rotatable bonds is 3. The highest BCUT2D eigenvalue weighted by molar-refractivity contribution is 5.95. The molecule has 0 fully saturated rings. The molecule has 3 aromatic carbocycles. The maximum absolute atomic E-state index is 5.65. The van der Waals surface area contributed by atoms with Gasteiger partial charge in [0, 0.05) is 5.56 Å². The molecule has 0 radical (unpaired) electrons. The predicted molar refractivity (Wildman–Crippen MR) is 107 cm³/mol. The first-order valence-corrected chi connectivity index (χ1v) is 8.91. The van der Waals surface area contributed by atoms with Gasteiger partial charge < -0.3 is 9.47 Å². The molecule has 0 bridgehead atoms. The van der Waals surface area contributed by atoms with Crippen LogP contribution in [0.5, 0.6) is 11.5 Å². The number of hydrogen-bond donors (Lipinski definition) is 0. The van der Waals surface area contributed by atoms with Crippen molar-refractivity contribution in [2.45, 2.75) is 12.8 Å². The zero-order valence-corrected chi connectivity index (χ0v) is 15.2. The lowest BCUT2D eigenvalue weighted by molar-refractivity contribution is 0.354. The minimum Gasteiger partial charge on any atom is -0.493 e. The third-order valence-corrected chi connectivity index (χ3v) is 5.01. The largest absolute Gasteiger partial charge is 0.493 e. The molecule has 0 saturated heterocycles. The highest BCUT2D eigenvalue weighted by Gasteiger charge is 2.18. The quantitative estimate of drug-likeness (QED) is 0.635. The first kappa shape index (κ1) is 16.5. The van der Waals surface area contributed by atoms with E-state index >= 15 is 0 Å². The van der Waals surface area contributed by atoms with E-state index in [1.807, 2.05) is 12.1 Å². The Labute approximate surface area is 154 Å². The van der Waals surface area contributed by atoms with E-state index in [0.29, 0.717) is 0 Å².